The van der Waals surface area contributed by atoms with E-state index in [2.05, 4.69) is 86.3 Å². The Kier molecular flexibility index (Phi) is 5.21. The van der Waals surface area contributed by atoms with Gasteiger partial charge in [-0.3, -0.25) is 0 Å². The zero-order valence-corrected chi connectivity index (χ0v) is 16.1. The molecule has 0 aliphatic carbocycles. The van der Waals surface area contributed by atoms with E-state index < -0.39 is 0 Å². The van der Waals surface area contributed by atoms with Crippen LogP contribution < -0.4 is 0 Å². The van der Waals surface area contributed by atoms with Crippen molar-refractivity contribution in [2.75, 3.05) is 0 Å². The van der Waals surface area contributed by atoms with Crippen LogP contribution in [-0.2, 0) is 18.1 Å². The summed E-state index contributed by atoms with van der Waals surface area (Å²) in [6.45, 7) is 0.643. The number of rotatable bonds is 6. The number of thiol groups is 2. The zero-order valence-electron chi connectivity index (χ0n) is 14.3. The Morgan fingerprint density at radius 3 is 2.37 bits per heavy atom. The van der Waals surface area contributed by atoms with Crippen LogP contribution >= 0.6 is 25.3 Å². The largest absolute Gasteiger partial charge is 0.244 e. The summed E-state index contributed by atoms with van der Waals surface area (Å²) in [6, 6.07) is 16.4. The van der Waals surface area contributed by atoms with Crippen LogP contribution in [0.4, 0.5) is 0 Å². The molecule has 0 spiro atoms. The normalized spacial score (nSPS) is 11.0. The van der Waals surface area contributed by atoms with Crippen LogP contribution in [0.3, 0.4) is 0 Å². The Hall–Kier alpha value is -2.65. The molecule has 27 heavy (non-hydrogen) atoms. The number of hydrogen-bond donors (Lipinski definition) is 3. The van der Waals surface area contributed by atoms with Crippen LogP contribution in [0, 0.1) is 0 Å². The number of aromatic nitrogens is 7. The highest BCUT2D eigenvalue weighted by atomic mass is 32.1. The summed E-state index contributed by atoms with van der Waals surface area (Å²) in [4.78, 5) is 4.43. The molecule has 0 aliphatic rings. The Morgan fingerprint density at radius 1 is 0.926 bits per heavy atom. The number of aromatic amines is 1. The minimum Gasteiger partial charge on any atom is -0.244 e. The van der Waals surface area contributed by atoms with Crippen molar-refractivity contribution >= 4 is 25.3 Å². The van der Waals surface area contributed by atoms with Crippen molar-refractivity contribution in [3.8, 4) is 22.5 Å². The van der Waals surface area contributed by atoms with Gasteiger partial charge >= 0.3 is 0 Å². The molecule has 0 unspecified atom stereocenters. The molecule has 2 aromatic carbocycles. The minimum atomic E-state index is 0.514. The van der Waals surface area contributed by atoms with E-state index in [0.717, 1.165) is 28.1 Å². The van der Waals surface area contributed by atoms with Gasteiger partial charge in [-0.15, -0.1) is 5.10 Å². The van der Waals surface area contributed by atoms with E-state index in [1.54, 1.807) is 0 Å². The molecule has 0 aliphatic heterocycles. The molecule has 7 nitrogen and oxygen atoms in total. The molecule has 0 fully saturated rings. The highest BCUT2D eigenvalue weighted by Gasteiger charge is 2.11. The third-order valence-electron chi connectivity index (χ3n) is 4.20. The van der Waals surface area contributed by atoms with Crippen molar-refractivity contribution in [3.05, 3.63) is 65.7 Å². The van der Waals surface area contributed by atoms with Crippen molar-refractivity contribution in [2.45, 2.75) is 18.1 Å². The van der Waals surface area contributed by atoms with Crippen LogP contribution in [0.25, 0.3) is 22.5 Å². The van der Waals surface area contributed by atoms with Crippen LogP contribution in [0.2, 0.25) is 0 Å². The van der Waals surface area contributed by atoms with Gasteiger partial charge in [0.2, 0.25) is 0 Å². The van der Waals surface area contributed by atoms with E-state index in [-0.39, 0.29) is 0 Å². The average Bonchev–Trinajstić information content (AvgIpc) is 3.38. The molecule has 0 atom stereocenters. The van der Waals surface area contributed by atoms with Crippen LogP contribution in [0.15, 0.2) is 48.5 Å². The molecule has 0 bridgehead atoms. The van der Waals surface area contributed by atoms with Gasteiger partial charge in [0, 0.05) is 5.56 Å². The molecular formula is C18H17N7S2. The predicted molar refractivity (Wildman–Crippen MR) is 110 cm³/mol. The summed E-state index contributed by atoms with van der Waals surface area (Å²) in [5.41, 5.74) is 4.25. The fourth-order valence-electron chi connectivity index (χ4n) is 2.91. The molecule has 0 amide bonds. The van der Waals surface area contributed by atoms with Gasteiger partial charge in [0.15, 0.2) is 11.6 Å². The Morgan fingerprint density at radius 2 is 1.70 bits per heavy atom. The molecule has 9 heteroatoms. The van der Waals surface area contributed by atoms with E-state index in [4.69, 9.17) is 0 Å². The van der Waals surface area contributed by atoms with Crippen LogP contribution in [0.1, 0.15) is 17.2 Å². The molecule has 4 rings (SSSR count). The van der Waals surface area contributed by atoms with Crippen LogP contribution in [0.5, 0.6) is 0 Å². The maximum absolute atomic E-state index is 4.48. The number of benzene rings is 2. The van der Waals surface area contributed by atoms with Crippen molar-refractivity contribution in [1.29, 1.82) is 0 Å². The first kappa shape index (κ1) is 17.7. The summed E-state index contributed by atoms with van der Waals surface area (Å²) >= 11 is 8.58. The Labute approximate surface area is 167 Å². The van der Waals surface area contributed by atoms with Gasteiger partial charge in [-0.25, -0.2) is 14.8 Å². The highest BCUT2D eigenvalue weighted by Crippen LogP contribution is 2.29. The smallest absolute Gasteiger partial charge is 0.180 e. The van der Waals surface area contributed by atoms with E-state index >= 15 is 0 Å². The quantitative estimate of drug-likeness (QED) is 0.437. The predicted octanol–water partition coefficient (Wildman–Crippen LogP) is 3.03. The standard InChI is InChI=1S/C18H17N7S2/c26-10-16-19-17(11-27)25(22-16)9-12-5-7-13(8-6-12)14-3-1-2-4-15(14)18-20-23-24-21-18/h1-8,26-27H,9-11H2,(H,20,21,23,24). The zero-order chi connectivity index (χ0) is 18.6. The van der Waals surface area contributed by atoms with Gasteiger partial charge in [0.25, 0.3) is 0 Å². The monoisotopic (exact) mass is 395 g/mol. The fraction of sp³-hybridized carbons (Fsp3) is 0.167. The fourth-order valence-corrected chi connectivity index (χ4v) is 3.28. The Balaban J connectivity index is 1.61. The average molecular weight is 396 g/mol. The second-order valence-electron chi connectivity index (χ2n) is 5.91. The molecule has 0 radical (unpaired) electrons. The van der Waals surface area contributed by atoms with E-state index in [9.17, 15) is 0 Å². The topological polar surface area (TPSA) is 85.2 Å². The second kappa shape index (κ2) is 7.93. The summed E-state index contributed by atoms with van der Waals surface area (Å²) in [5, 5.41) is 18.7. The first-order valence-corrected chi connectivity index (χ1v) is 9.61. The van der Waals surface area contributed by atoms with Gasteiger partial charge < -0.3 is 0 Å². The number of nitrogens with zero attached hydrogens (tertiary/aromatic N) is 6. The van der Waals surface area contributed by atoms with E-state index in [0.29, 0.717) is 29.7 Å². The molecule has 1 N–H and O–H groups in total. The highest BCUT2D eigenvalue weighted by molar-refractivity contribution is 7.79. The number of H-pyrrole nitrogens is 1. The first-order valence-electron chi connectivity index (χ1n) is 8.35. The van der Waals surface area contributed by atoms with Gasteiger partial charge in [-0.1, -0.05) is 48.5 Å². The van der Waals surface area contributed by atoms with Crippen molar-refractivity contribution in [3.63, 3.8) is 0 Å². The van der Waals surface area contributed by atoms with E-state index in [1.165, 1.54) is 0 Å². The van der Waals surface area contributed by atoms with Gasteiger partial charge in [-0.05, 0) is 27.1 Å². The first-order chi connectivity index (χ1) is 13.3. The van der Waals surface area contributed by atoms with Crippen LogP contribution in [-0.4, -0.2) is 35.4 Å². The second-order valence-corrected chi connectivity index (χ2v) is 6.54. The Bertz CT molecular complexity index is 1030. The summed E-state index contributed by atoms with van der Waals surface area (Å²) in [7, 11) is 0. The van der Waals surface area contributed by atoms with Crippen molar-refractivity contribution in [2.24, 2.45) is 0 Å². The summed E-state index contributed by atoms with van der Waals surface area (Å²) in [5.74, 6) is 3.26. The maximum atomic E-state index is 4.48. The molecule has 0 saturated carbocycles. The third-order valence-corrected chi connectivity index (χ3v) is 4.77. The van der Waals surface area contributed by atoms with Gasteiger partial charge in [0.1, 0.15) is 5.82 Å². The lowest BCUT2D eigenvalue weighted by molar-refractivity contribution is 0.653. The SMILES string of the molecule is SCc1nc(CS)n(Cc2ccc(-c3ccccc3-c3nnn[nH]3)cc2)n1. The van der Waals surface area contributed by atoms with Gasteiger partial charge in [-0.2, -0.15) is 30.4 Å². The number of hydrogen-bond acceptors (Lipinski definition) is 7. The molecule has 2 heterocycles. The molecular weight excluding hydrogens is 378 g/mol. The van der Waals surface area contributed by atoms with Crippen molar-refractivity contribution < 1.29 is 0 Å². The lowest BCUT2D eigenvalue weighted by Gasteiger charge is -2.09. The lowest BCUT2D eigenvalue weighted by Crippen LogP contribution is -2.05. The summed E-state index contributed by atoms with van der Waals surface area (Å²) in [6.07, 6.45) is 0. The number of nitrogens with one attached hydrogen (secondary N) is 1. The maximum Gasteiger partial charge on any atom is 0.180 e. The molecule has 0 saturated heterocycles. The summed E-state index contributed by atoms with van der Waals surface area (Å²) < 4.78 is 1.88. The minimum absolute atomic E-state index is 0.514. The lowest BCUT2D eigenvalue weighted by atomic mass is 9.98. The molecule has 2 aromatic heterocycles. The molecule has 4 aromatic rings. The molecule has 136 valence electrons. The van der Waals surface area contributed by atoms with Crippen molar-refractivity contribution in [1.82, 2.24) is 35.4 Å². The van der Waals surface area contributed by atoms with Gasteiger partial charge in [0.05, 0.1) is 18.1 Å². The third kappa shape index (κ3) is 3.74. The number of tetrazole rings is 1. The van der Waals surface area contributed by atoms with E-state index in [1.807, 2.05) is 22.9 Å².